The number of piperazine rings is 1. The lowest BCUT2D eigenvalue weighted by molar-refractivity contribution is -0.130. The maximum Gasteiger partial charge on any atom is 0.235 e. The monoisotopic (exact) mass is 356 g/mol. The number of hydrogen-bond donors (Lipinski definition) is 1. The maximum absolute atomic E-state index is 12.5. The molecule has 23 heavy (non-hydrogen) atoms. The second-order valence-corrected chi connectivity index (χ2v) is 9.06. The van der Waals surface area contributed by atoms with Crippen LogP contribution in [0.3, 0.4) is 0 Å². The minimum absolute atomic E-state index is 0.0687. The molecule has 1 amide bonds. The molecule has 0 bridgehead atoms. The smallest absolute Gasteiger partial charge is 0.235 e. The predicted octanol–water partition coefficient (Wildman–Crippen LogP) is 1.78. The van der Waals surface area contributed by atoms with Gasteiger partial charge in [0.1, 0.15) is 0 Å². The fourth-order valence-electron chi connectivity index (χ4n) is 2.57. The molecule has 128 valence electrons. The lowest BCUT2D eigenvalue weighted by atomic mass is 10.3. The topological polar surface area (TPSA) is 66.5 Å². The molecule has 0 aromatic heterocycles. The van der Waals surface area contributed by atoms with Crippen LogP contribution in [0.1, 0.15) is 20.3 Å². The van der Waals surface area contributed by atoms with Gasteiger partial charge in [-0.3, -0.25) is 4.79 Å². The molecule has 1 aromatic carbocycles. The third-order valence-corrected chi connectivity index (χ3v) is 7.00. The molecule has 1 aromatic rings. The summed E-state index contributed by atoms with van der Waals surface area (Å²) in [6.45, 7) is 6.73. The molecule has 0 spiro atoms. The van der Waals surface area contributed by atoms with Crippen LogP contribution in [-0.2, 0) is 14.6 Å². The molecule has 1 unspecified atom stereocenters. The van der Waals surface area contributed by atoms with E-state index in [2.05, 4.69) is 5.32 Å². The van der Waals surface area contributed by atoms with Gasteiger partial charge >= 0.3 is 0 Å². The number of carbonyl (C=O) groups excluding carboxylic acids is 1. The van der Waals surface area contributed by atoms with Crippen LogP contribution in [0.4, 0.5) is 0 Å². The SMILES string of the molecule is CCCS(=O)(=O)c1ccccc1SC(C)C(=O)N1CCNCC1. The number of nitrogens with zero attached hydrogens (tertiary/aromatic N) is 1. The molecule has 1 heterocycles. The van der Waals surface area contributed by atoms with Crippen molar-refractivity contribution in [2.45, 2.75) is 35.3 Å². The van der Waals surface area contributed by atoms with Gasteiger partial charge in [-0.25, -0.2) is 8.42 Å². The van der Waals surface area contributed by atoms with Crippen molar-refractivity contribution >= 4 is 27.5 Å². The fraction of sp³-hybridized carbons (Fsp3) is 0.562. The third-order valence-electron chi connectivity index (χ3n) is 3.74. The standard InChI is InChI=1S/C16H24N2O3S2/c1-3-12-23(20,21)15-7-5-4-6-14(15)22-13(2)16(19)18-10-8-17-9-11-18/h4-7,13,17H,3,8-12H2,1-2H3. The number of amides is 1. The molecule has 1 saturated heterocycles. The molecule has 2 rings (SSSR count). The van der Waals surface area contributed by atoms with E-state index >= 15 is 0 Å². The number of benzene rings is 1. The number of sulfone groups is 1. The van der Waals surface area contributed by atoms with Gasteiger partial charge in [0.2, 0.25) is 5.91 Å². The molecule has 0 aliphatic carbocycles. The molecular formula is C16H24N2O3S2. The van der Waals surface area contributed by atoms with Gasteiger partial charge in [0.25, 0.3) is 0 Å². The lowest BCUT2D eigenvalue weighted by Gasteiger charge is -2.29. The first-order valence-electron chi connectivity index (χ1n) is 7.93. The van der Waals surface area contributed by atoms with Gasteiger partial charge in [0.15, 0.2) is 9.84 Å². The zero-order chi connectivity index (χ0) is 16.9. The summed E-state index contributed by atoms with van der Waals surface area (Å²) in [5.41, 5.74) is 0. The number of rotatable bonds is 6. The highest BCUT2D eigenvalue weighted by atomic mass is 32.2. The molecule has 7 heteroatoms. The molecule has 1 N–H and O–H groups in total. The van der Waals surface area contributed by atoms with E-state index in [1.807, 2.05) is 24.8 Å². The van der Waals surface area contributed by atoms with Gasteiger partial charge in [-0.05, 0) is 25.5 Å². The summed E-state index contributed by atoms with van der Waals surface area (Å²) in [5.74, 6) is 0.198. The first-order chi connectivity index (χ1) is 11.0. The Balaban J connectivity index is 2.15. The average Bonchev–Trinajstić information content (AvgIpc) is 2.55. The first-order valence-corrected chi connectivity index (χ1v) is 10.5. The maximum atomic E-state index is 12.5. The molecule has 1 atom stereocenters. The first kappa shape index (κ1) is 18.3. The summed E-state index contributed by atoms with van der Waals surface area (Å²) >= 11 is 1.33. The van der Waals surface area contributed by atoms with Crippen LogP contribution in [0, 0.1) is 0 Å². The van der Waals surface area contributed by atoms with E-state index in [4.69, 9.17) is 0 Å². The van der Waals surface area contributed by atoms with E-state index in [0.29, 0.717) is 29.3 Å². The summed E-state index contributed by atoms with van der Waals surface area (Å²) < 4.78 is 24.8. The van der Waals surface area contributed by atoms with E-state index in [1.54, 1.807) is 18.2 Å². The van der Waals surface area contributed by atoms with Gasteiger partial charge in [-0.1, -0.05) is 19.1 Å². The molecule has 5 nitrogen and oxygen atoms in total. The van der Waals surface area contributed by atoms with Crippen LogP contribution in [0.2, 0.25) is 0 Å². The van der Waals surface area contributed by atoms with Crippen LogP contribution in [-0.4, -0.2) is 56.4 Å². The van der Waals surface area contributed by atoms with Gasteiger partial charge in [0, 0.05) is 31.1 Å². The number of carbonyl (C=O) groups is 1. The minimum atomic E-state index is -3.29. The zero-order valence-corrected chi connectivity index (χ0v) is 15.3. The Morgan fingerprint density at radius 3 is 2.61 bits per heavy atom. The van der Waals surface area contributed by atoms with E-state index in [9.17, 15) is 13.2 Å². The molecule has 1 aliphatic rings. The quantitative estimate of drug-likeness (QED) is 0.787. The minimum Gasteiger partial charge on any atom is -0.339 e. The normalized spacial score (nSPS) is 17.0. The van der Waals surface area contributed by atoms with Gasteiger partial charge < -0.3 is 10.2 Å². The Morgan fingerprint density at radius 2 is 1.96 bits per heavy atom. The van der Waals surface area contributed by atoms with Crippen LogP contribution >= 0.6 is 11.8 Å². The molecule has 1 aliphatic heterocycles. The highest BCUT2D eigenvalue weighted by molar-refractivity contribution is 8.01. The highest BCUT2D eigenvalue weighted by Gasteiger charge is 2.25. The summed E-state index contributed by atoms with van der Waals surface area (Å²) in [6.07, 6.45) is 0.580. The molecule has 1 fully saturated rings. The van der Waals surface area contributed by atoms with E-state index < -0.39 is 9.84 Å². The Morgan fingerprint density at radius 1 is 1.30 bits per heavy atom. The molecule has 0 saturated carbocycles. The Labute approximate surface area is 142 Å². The van der Waals surface area contributed by atoms with E-state index in [0.717, 1.165) is 13.1 Å². The lowest BCUT2D eigenvalue weighted by Crippen LogP contribution is -2.48. The number of nitrogens with one attached hydrogen (secondary N) is 1. The third kappa shape index (κ3) is 4.71. The number of hydrogen-bond acceptors (Lipinski definition) is 5. The predicted molar refractivity (Wildman–Crippen MR) is 93.6 cm³/mol. The Bertz CT molecular complexity index is 640. The van der Waals surface area contributed by atoms with Crippen LogP contribution in [0.25, 0.3) is 0 Å². The van der Waals surface area contributed by atoms with Gasteiger partial charge in [-0.15, -0.1) is 11.8 Å². The van der Waals surface area contributed by atoms with Crippen LogP contribution < -0.4 is 5.32 Å². The Kier molecular flexibility index (Phi) is 6.50. The second-order valence-electron chi connectivity index (χ2n) is 5.60. The van der Waals surface area contributed by atoms with Crippen molar-refractivity contribution in [2.75, 3.05) is 31.9 Å². The van der Waals surface area contributed by atoms with Gasteiger partial charge in [-0.2, -0.15) is 0 Å². The van der Waals surface area contributed by atoms with E-state index in [-0.39, 0.29) is 16.9 Å². The van der Waals surface area contributed by atoms with Crippen molar-refractivity contribution in [1.82, 2.24) is 10.2 Å². The molecular weight excluding hydrogens is 332 g/mol. The van der Waals surface area contributed by atoms with Crippen molar-refractivity contribution < 1.29 is 13.2 Å². The molecule has 0 radical (unpaired) electrons. The largest absolute Gasteiger partial charge is 0.339 e. The summed E-state index contributed by atoms with van der Waals surface area (Å²) in [6, 6.07) is 6.97. The summed E-state index contributed by atoms with van der Waals surface area (Å²) in [5, 5.41) is 2.92. The average molecular weight is 357 g/mol. The summed E-state index contributed by atoms with van der Waals surface area (Å²) in [7, 11) is -3.29. The second kappa shape index (κ2) is 8.17. The highest BCUT2D eigenvalue weighted by Crippen LogP contribution is 2.31. The fourth-order valence-corrected chi connectivity index (χ4v) is 5.48. The van der Waals surface area contributed by atoms with Crippen molar-refractivity contribution in [3.05, 3.63) is 24.3 Å². The van der Waals surface area contributed by atoms with Crippen LogP contribution in [0.15, 0.2) is 34.1 Å². The zero-order valence-electron chi connectivity index (χ0n) is 13.6. The summed E-state index contributed by atoms with van der Waals surface area (Å²) in [4.78, 5) is 15.4. The van der Waals surface area contributed by atoms with Crippen molar-refractivity contribution in [2.24, 2.45) is 0 Å². The Hall–Kier alpha value is -1.05. The van der Waals surface area contributed by atoms with Crippen molar-refractivity contribution in [3.63, 3.8) is 0 Å². The van der Waals surface area contributed by atoms with Gasteiger partial charge in [0.05, 0.1) is 15.9 Å². The van der Waals surface area contributed by atoms with E-state index in [1.165, 1.54) is 11.8 Å². The van der Waals surface area contributed by atoms with Crippen LogP contribution in [0.5, 0.6) is 0 Å². The van der Waals surface area contributed by atoms with Crippen molar-refractivity contribution in [3.8, 4) is 0 Å². The number of thioether (sulfide) groups is 1. The van der Waals surface area contributed by atoms with Crippen molar-refractivity contribution in [1.29, 1.82) is 0 Å².